The van der Waals surface area contributed by atoms with Gasteiger partial charge in [-0.1, -0.05) is 36.4 Å². The Morgan fingerprint density at radius 3 is 2.65 bits per heavy atom. The van der Waals surface area contributed by atoms with Crippen molar-refractivity contribution in [2.75, 3.05) is 7.11 Å². The van der Waals surface area contributed by atoms with Crippen molar-refractivity contribution in [1.82, 2.24) is 0 Å². The molecule has 0 bridgehead atoms. The molecule has 1 aliphatic rings. The fourth-order valence-electron chi connectivity index (χ4n) is 3.23. The molecule has 3 heteroatoms. The molecule has 23 heavy (non-hydrogen) atoms. The van der Waals surface area contributed by atoms with Gasteiger partial charge < -0.3 is 9.47 Å². The van der Waals surface area contributed by atoms with E-state index in [1.807, 2.05) is 36.4 Å². The lowest BCUT2D eigenvalue weighted by atomic mass is 9.90. The van der Waals surface area contributed by atoms with Crippen molar-refractivity contribution >= 4 is 16.7 Å². The van der Waals surface area contributed by atoms with E-state index in [4.69, 9.17) is 9.47 Å². The standard InChI is InChI=1S/C20H16O3/c1-22-20(21)15-8-7-14-9-16-11-23-12-18(16)19(17(14)10-15)13-5-3-2-4-6-13/h2-10H,11-12H2,1H3. The summed E-state index contributed by atoms with van der Waals surface area (Å²) in [5, 5.41) is 2.17. The zero-order valence-electron chi connectivity index (χ0n) is 12.8. The first-order chi connectivity index (χ1) is 11.3. The number of benzene rings is 3. The number of esters is 1. The number of carbonyl (C=O) groups excluding carboxylic acids is 1. The second-order valence-electron chi connectivity index (χ2n) is 5.68. The number of rotatable bonds is 2. The van der Waals surface area contributed by atoms with Crippen LogP contribution in [0, 0.1) is 0 Å². The summed E-state index contributed by atoms with van der Waals surface area (Å²) in [4.78, 5) is 11.9. The van der Waals surface area contributed by atoms with Crippen molar-refractivity contribution in [3.63, 3.8) is 0 Å². The van der Waals surface area contributed by atoms with Gasteiger partial charge in [-0.2, -0.15) is 0 Å². The van der Waals surface area contributed by atoms with Crippen LogP contribution < -0.4 is 0 Å². The highest BCUT2D eigenvalue weighted by Crippen LogP contribution is 2.38. The maximum Gasteiger partial charge on any atom is 0.337 e. The van der Waals surface area contributed by atoms with Gasteiger partial charge >= 0.3 is 5.97 Å². The third-order valence-electron chi connectivity index (χ3n) is 4.33. The van der Waals surface area contributed by atoms with Gasteiger partial charge in [-0.25, -0.2) is 4.79 Å². The molecule has 4 rings (SSSR count). The Morgan fingerprint density at radius 1 is 1.04 bits per heavy atom. The van der Waals surface area contributed by atoms with Crippen LogP contribution in [0.15, 0.2) is 54.6 Å². The monoisotopic (exact) mass is 304 g/mol. The Bertz CT molecular complexity index is 898. The summed E-state index contributed by atoms with van der Waals surface area (Å²) in [6.45, 7) is 1.25. The lowest BCUT2D eigenvalue weighted by Gasteiger charge is -2.13. The fraction of sp³-hybridized carbons (Fsp3) is 0.150. The minimum absolute atomic E-state index is 0.317. The van der Waals surface area contributed by atoms with E-state index in [-0.39, 0.29) is 5.97 Å². The van der Waals surface area contributed by atoms with Crippen molar-refractivity contribution in [3.05, 3.63) is 71.3 Å². The third-order valence-corrected chi connectivity index (χ3v) is 4.33. The molecule has 3 aromatic rings. The van der Waals surface area contributed by atoms with Gasteiger partial charge in [0.25, 0.3) is 0 Å². The van der Waals surface area contributed by atoms with Crippen LogP contribution in [0.1, 0.15) is 21.5 Å². The minimum Gasteiger partial charge on any atom is -0.465 e. The molecule has 0 unspecified atom stereocenters. The summed E-state index contributed by atoms with van der Waals surface area (Å²) in [7, 11) is 1.40. The topological polar surface area (TPSA) is 35.5 Å². The molecule has 0 radical (unpaired) electrons. The molecule has 0 amide bonds. The number of carbonyl (C=O) groups is 1. The highest BCUT2D eigenvalue weighted by Gasteiger charge is 2.20. The molecule has 0 aromatic heterocycles. The second-order valence-corrected chi connectivity index (χ2v) is 5.68. The van der Waals surface area contributed by atoms with Gasteiger partial charge in [-0.05, 0) is 51.2 Å². The quantitative estimate of drug-likeness (QED) is 0.661. The van der Waals surface area contributed by atoms with E-state index in [0.717, 1.165) is 21.9 Å². The molecule has 3 aromatic carbocycles. The molecule has 0 N–H and O–H groups in total. The number of ether oxygens (including phenoxy) is 2. The van der Waals surface area contributed by atoms with Crippen LogP contribution in [-0.4, -0.2) is 13.1 Å². The van der Waals surface area contributed by atoms with Gasteiger partial charge in [-0.15, -0.1) is 0 Å². The first-order valence-electron chi connectivity index (χ1n) is 7.58. The molecule has 0 fully saturated rings. The highest BCUT2D eigenvalue weighted by molar-refractivity contribution is 6.03. The van der Waals surface area contributed by atoms with E-state index in [9.17, 15) is 4.79 Å². The SMILES string of the molecule is COC(=O)c1ccc2cc3c(c(-c4ccccc4)c2c1)COC3. The Hall–Kier alpha value is -2.65. The number of hydrogen-bond donors (Lipinski definition) is 0. The summed E-state index contributed by atoms with van der Waals surface area (Å²) >= 11 is 0. The van der Waals surface area contributed by atoms with E-state index in [1.165, 1.54) is 18.2 Å². The lowest BCUT2D eigenvalue weighted by Crippen LogP contribution is -2.01. The summed E-state index contributed by atoms with van der Waals surface area (Å²) in [5.74, 6) is -0.317. The van der Waals surface area contributed by atoms with E-state index >= 15 is 0 Å². The van der Waals surface area contributed by atoms with Crippen molar-refractivity contribution in [2.45, 2.75) is 13.2 Å². The summed E-state index contributed by atoms with van der Waals surface area (Å²) in [6, 6.07) is 18.1. The molecule has 0 aliphatic carbocycles. The van der Waals surface area contributed by atoms with E-state index in [1.54, 1.807) is 0 Å². The van der Waals surface area contributed by atoms with Crippen LogP contribution >= 0.6 is 0 Å². The molecule has 0 saturated heterocycles. The molecule has 1 aliphatic heterocycles. The number of hydrogen-bond acceptors (Lipinski definition) is 3. The fourth-order valence-corrected chi connectivity index (χ4v) is 3.23. The van der Waals surface area contributed by atoms with Crippen LogP contribution in [0.3, 0.4) is 0 Å². The van der Waals surface area contributed by atoms with Gasteiger partial charge in [0.2, 0.25) is 0 Å². The first-order valence-corrected chi connectivity index (χ1v) is 7.58. The molecule has 1 heterocycles. The van der Waals surface area contributed by atoms with Crippen molar-refractivity contribution in [1.29, 1.82) is 0 Å². The lowest BCUT2D eigenvalue weighted by molar-refractivity contribution is 0.0601. The molecule has 0 saturated carbocycles. The van der Waals surface area contributed by atoms with Gasteiger partial charge in [-0.3, -0.25) is 0 Å². The number of methoxy groups -OCH3 is 1. The maximum atomic E-state index is 11.9. The largest absolute Gasteiger partial charge is 0.465 e. The summed E-state index contributed by atoms with van der Waals surface area (Å²) in [6.07, 6.45) is 0. The van der Waals surface area contributed by atoms with Crippen molar-refractivity contribution in [3.8, 4) is 11.1 Å². The predicted octanol–water partition coefficient (Wildman–Crippen LogP) is 4.32. The van der Waals surface area contributed by atoms with Crippen molar-refractivity contribution in [2.24, 2.45) is 0 Å². The molecule has 0 atom stereocenters. The Kier molecular flexibility index (Phi) is 3.36. The first kappa shape index (κ1) is 14.0. The van der Waals surface area contributed by atoms with Crippen LogP contribution in [0.2, 0.25) is 0 Å². The minimum atomic E-state index is -0.317. The molecular weight excluding hydrogens is 288 g/mol. The Morgan fingerprint density at radius 2 is 1.87 bits per heavy atom. The molecule has 3 nitrogen and oxygen atoms in total. The zero-order chi connectivity index (χ0) is 15.8. The zero-order valence-corrected chi connectivity index (χ0v) is 12.8. The smallest absolute Gasteiger partial charge is 0.337 e. The summed E-state index contributed by atoms with van der Waals surface area (Å²) in [5.41, 5.74) is 5.30. The molecule has 0 spiro atoms. The molecule has 114 valence electrons. The van der Waals surface area contributed by atoms with Gasteiger partial charge in [0.1, 0.15) is 0 Å². The predicted molar refractivity (Wildman–Crippen MR) is 89.2 cm³/mol. The average Bonchev–Trinajstić information content (AvgIpc) is 3.07. The number of fused-ring (bicyclic) bond motifs is 2. The van der Waals surface area contributed by atoms with Crippen LogP contribution in [0.4, 0.5) is 0 Å². The van der Waals surface area contributed by atoms with Crippen LogP contribution in [-0.2, 0) is 22.7 Å². The Balaban J connectivity index is 2.06. The van der Waals surface area contributed by atoms with Crippen LogP contribution in [0.5, 0.6) is 0 Å². The van der Waals surface area contributed by atoms with Gasteiger partial charge in [0.15, 0.2) is 0 Å². The normalized spacial score (nSPS) is 13.1. The van der Waals surface area contributed by atoms with Crippen molar-refractivity contribution < 1.29 is 14.3 Å². The molecular formula is C20H16O3. The Labute approximate surface area is 134 Å². The van der Waals surface area contributed by atoms with E-state index < -0.39 is 0 Å². The highest BCUT2D eigenvalue weighted by atomic mass is 16.5. The van der Waals surface area contributed by atoms with Gasteiger partial charge in [0.05, 0.1) is 25.9 Å². The van der Waals surface area contributed by atoms with E-state index in [0.29, 0.717) is 18.8 Å². The van der Waals surface area contributed by atoms with Crippen LogP contribution in [0.25, 0.3) is 21.9 Å². The third kappa shape index (κ3) is 2.30. The van der Waals surface area contributed by atoms with E-state index in [2.05, 4.69) is 18.2 Å². The average molecular weight is 304 g/mol. The van der Waals surface area contributed by atoms with Gasteiger partial charge in [0, 0.05) is 0 Å². The second kappa shape index (κ2) is 5.52. The summed E-state index contributed by atoms with van der Waals surface area (Å²) < 4.78 is 10.5. The maximum absolute atomic E-state index is 11.9.